The highest BCUT2D eigenvalue weighted by atomic mass is 32.2. The molecule has 0 atom stereocenters. The van der Waals surface area contributed by atoms with Crippen molar-refractivity contribution >= 4 is 28.8 Å². The number of nitro groups is 1. The van der Waals surface area contributed by atoms with Crippen molar-refractivity contribution in [1.82, 2.24) is 0 Å². The van der Waals surface area contributed by atoms with E-state index in [0.717, 1.165) is 0 Å². The van der Waals surface area contributed by atoms with Crippen LogP contribution in [0.25, 0.3) is 0 Å². The van der Waals surface area contributed by atoms with E-state index in [4.69, 9.17) is 9.47 Å². The van der Waals surface area contributed by atoms with Crippen molar-refractivity contribution in [3.8, 4) is 11.5 Å². The Morgan fingerprint density at radius 2 is 2.00 bits per heavy atom. The molecule has 1 aliphatic rings. The molecule has 0 spiro atoms. The smallest absolute Gasteiger partial charge is 0.333 e. The molecule has 0 aliphatic carbocycles. The van der Waals surface area contributed by atoms with Gasteiger partial charge in [0.1, 0.15) is 5.75 Å². The number of nitrogens with zero attached hydrogens (tertiary/aromatic N) is 1. The first-order chi connectivity index (χ1) is 9.09. The zero-order chi connectivity index (χ0) is 15.3. The number of benzene rings is 1. The molecule has 0 saturated carbocycles. The summed E-state index contributed by atoms with van der Waals surface area (Å²) in [6.07, 6.45) is 0. The van der Waals surface area contributed by atoms with Crippen LogP contribution in [0.15, 0.2) is 11.0 Å². The fraction of sp³-hybridized carbons (Fsp3) is 0.455. The SMILES string of the molecule is COc1cc([Si](C)(C)C)c2c(c1[N+](=O)[O-])S(=O)(=O)CO2. The molecule has 20 heavy (non-hydrogen) atoms. The van der Waals surface area contributed by atoms with Gasteiger partial charge in [0.15, 0.2) is 16.6 Å². The van der Waals surface area contributed by atoms with Gasteiger partial charge in [-0.1, -0.05) is 19.6 Å². The quantitative estimate of drug-likeness (QED) is 0.473. The first-order valence-corrected chi connectivity index (χ1v) is 11.0. The molecule has 0 saturated heterocycles. The van der Waals surface area contributed by atoms with Gasteiger partial charge in [0, 0.05) is 0 Å². The highest BCUT2D eigenvalue weighted by Gasteiger charge is 2.43. The topological polar surface area (TPSA) is 95.7 Å². The van der Waals surface area contributed by atoms with E-state index >= 15 is 0 Å². The van der Waals surface area contributed by atoms with E-state index in [0.29, 0.717) is 5.19 Å². The predicted molar refractivity (Wildman–Crippen MR) is 75.3 cm³/mol. The van der Waals surface area contributed by atoms with Crippen LogP contribution in [0.2, 0.25) is 19.6 Å². The number of nitro benzene ring substituents is 1. The molecule has 2 rings (SSSR count). The molecule has 0 radical (unpaired) electrons. The minimum Gasteiger partial charge on any atom is -0.490 e. The van der Waals surface area contributed by atoms with E-state index in [1.165, 1.54) is 13.2 Å². The summed E-state index contributed by atoms with van der Waals surface area (Å²) in [7, 11) is -4.49. The lowest BCUT2D eigenvalue weighted by atomic mass is 10.2. The molecule has 9 heteroatoms. The molecule has 0 unspecified atom stereocenters. The maximum atomic E-state index is 12.1. The molecule has 0 N–H and O–H groups in total. The molecule has 0 aromatic heterocycles. The van der Waals surface area contributed by atoms with Gasteiger partial charge >= 0.3 is 5.69 Å². The monoisotopic (exact) mass is 317 g/mol. The molecule has 1 aliphatic heterocycles. The summed E-state index contributed by atoms with van der Waals surface area (Å²) in [6.45, 7) is 6.01. The second-order valence-corrected chi connectivity index (χ2v) is 12.4. The number of hydrogen-bond acceptors (Lipinski definition) is 6. The Labute approximate surface area is 117 Å². The third kappa shape index (κ3) is 2.16. The average Bonchev–Trinajstić information content (AvgIpc) is 2.62. The van der Waals surface area contributed by atoms with Gasteiger partial charge in [0.25, 0.3) is 0 Å². The molecule has 110 valence electrons. The second-order valence-electron chi connectivity index (χ2n) is 5.52. The number of ether oxygens (including phenoxy) is 2. The number of sulfone groups is 1. The van der Waals surface area contributed by atoms with Crippen LogP contribution in [0.3, 0.4) is 0 Å². The van der Waals surface area contributed by atoms with Crippen LogP contribution in [0, 0.1) is 10.1 Å². The van der Waals surface area contributed by atoms with Crippen molar-refractivity contribution < 1.29 is 22.8 Å². The number of hydrogen-bond donors (Lipinski definition) is 0. The summed E-state index contributed by atoms with van der Waals surface area (Å²) in [5, 5.41) is 11.9. The fourth-order valence-electron chi connectivity index (χ4n) is 2.12. The van der Waals surface area contributed by atoms with Crippen LogP contribution in [0.4, 0.5) is 5.69 Å². The summed E-state index contributed by atoms with van der Waals surface area (Å²) < 4.78 is 34.4. The van der Waals surface area contributed by atoms with E-state index in [1.807, 2.05) is 19.6 Å². The zero-order valence-corrected chi connectivity index (χ0v) is 13.4. The largest absolute Gasteiger partial charge is 0.490 e. The van der Waals surface area contributed by atoms with Gasteiger partial charge in [-0.2, -0.15) is 0 Å². The summed E-state index contributed by atoms with van der Waals surface area (Å²) in [4.78, 5) is 10.1. The van der Waals surface area contributed by atoms with Crippen molar-refractivity contribution in [1.29, 1.82) is 0 Å². The molecule has 1 aromatic carbocycles. The van der Waals surface area contributed by atoms with Crippen LogP contribution in [-0.4, -0.2) is 34.5 Å². The van der Waals surface area contributed by atoms with E-state index in [2.05, 4.69) is 0 Å². The standard InChI is InChI=1S/C11H15NO6SSi/c1-17-7-5-8(20(2,3)4)10-11(9(7)12(13)14)19(15,16)6-18-10/h5H,6H2,1-4H3. The Hall–Kier alpha value is -1.61. The molecule has 0 bridgehead atoms. The van der Waals surface area contributed by atoms with Gasteiger partial charge in [-0.15, -0.1) is 0 Å². The normalized spacial score (nSPS) is 16.4. The number of fused-ring (bicyclic) bond motifs is 1. The maximum absolute atomic E-state index is 12.1. The van der Waals surface area contributed by atoms with Gasteiger partial charge in [-0.3, -0.25) is 10.1 Å². The minimum absolute atomic E-state index is 0.0414. The molecule has 7 nitrogen and oxygen atoms in total. The molecular weight excluding hydrogens is 302 g/mol. The van der Waals surface area contributed by atoms with E-state index in [-0.39, 0.29) is 16.4 Å². The number of methoxy groups -OCH3 is 1. The summed E-state index contributed by atoms with van der Waals surface area (Å²) in [5.74, 6) is -0.481. The van der Waals surface area contributed by atoms with Crippen LogP contribution in [0.1, 0.15) is 0 Å². The van der Waals surface area contributed by atoms with E-state index < -0.39 is 34.5 Å². The van der Waals surface area contributed by atoms with Gasteiger partial charge in [0.2, 0.25) is 9.84 Å². The summed E-state index contributed by atoms with van der Waals surface area (Å²) in [5.41, 5.74) is -0.540. The van der Waals surface area contributed by atoms with Crippen LogP contribution < -0.4 is 14.7 Å². The maximum Gasteiger partial charge on any atom is 0.333 e. The van der Waals surface area contributed by atoms with E-state index in [1.54, 1.807) is 0 Å². The fourth-order valence-corrected chi connectivity index (χ4v) is 4.96. The van der Waals surface area contributed by atoms with Gasteiger partial charge < -0.3 is 9.47 Å². The second kappa shape index (κ2) is 4.45. The number of rotatable bonds is 3. The van der Waals surface area contributed by atoms with Crippen LogP contribution in [-0.2, 0) is 9.84 Å². The first-order valence-electron chi connectivity index (χ1n) is 5.85. The van der Waals surface area contributed by atoms with Crippen molar-refractivity contribution in [2.24, 2.45) is 0 Å². The third-order valence-corrected chi connectivity index (χ3v) is 6.47. The first kappa shape index (κ1) is 14.8. The minimum atomic E-state index is -3.82. The molecule has 1 heterocycles. The lowest BCUT2D eigenvalue weighted by Crippen LogP contribution is -2.38. The average molecular weight is 317 g/mol. The molecule has 1 aromatic rings. The van der Waals surface area contributed by atoms with Crippen LogP contribution in [0.5, 0.6) is 11.5 Å². The summed E-state index contributed by atoms with van der Waals surface area (Å²) >= 11 is 0. The lowest BCUT2D eigenvalue weighted by Gasteiger charge is -2.20. The Morgan fingerprint density at radius 1 is 1.40 bits per heavy atom. The lowest BCUT2D eigenvalue weighted by molar-refractivity contribution is -0.388. The molecule has 0 amide bonds. The Morgan fingerprint density at radius 3 is 2.45 bits per heavy atom. The highest BCUT2D eigenvalue weighted by Crippen LogP contribution is 2.44. The summed E-state index contributed by atoms with van der Waals surface area (Å²) in [6, 6.07) is 1.53. The zero-order valence-electron chi connectivity index (χ0n) is 11.6. The molecule has 0 fully saturated rings. The van der Waals surface area contributed by atoms with Gasteiger partial charge in [-0.05, 0) is 11.3 Å². The van der Waals surface area contributed by atoms with Crippen LogP contribution >= 0.6 is 0 Å². The highest BCUT2D eigenvalue weighted by molar-refractivity contribution is 7.91. The van der Waals surface area contributed by atoms with E-state index in [9.17, 15) is 18.5 Å². The molecular formula is C11H15NO6SSi. The van der Waals surface area contributed by atoms with Crippen molar-refractivity contribution in [2.75, 3.05) is 13.0 Å². The van der Waals surface area contributed by atoms with Gasteiger partial charge in [-0.25, -0.2) is 8.42 Å². The van der Waals surface area contributed by atoms with Crippen molar-refractivity contribution in [3.05, 3.63) is 16.2 Å². The predicted octanol–water partition coefficient (Wildman–Crippen LogP) is 1.27. The van der Waals surface area contributed by atoms with Gasteiger partial charge in [0.05, 0.1) is 20.1 Å². The van der Waals surface area contributed by atoms with Crippen molar-refractivity contribution in [3.63, 3.8) is 0 Å². The Balaban J connectivity index is 2.95. The Bertz CT molecular complexity index is 692. The third-order valence-electron chi connectivity index (χ3n) is 3.05. The van der Waals surface area contributed by atoms with Crippen molar-refractivity contribution in [2.45, 2.75) is 24.5 Å². The Kier molecular flexibility index (Phi) is 3.29.